The molecule has 2 aliphatic rings. The lowest BCUT2D eigenvalue weighted by Crippen LogP contribution is -2.45. The Bertz CT molecular complexity index is 1250. The molecule has 8 heteroatoms. The van der Waals surface area contributed by atoms with Gasteiger partial charge in [0.1, 0.15) is 6.04 Å². The molecule has 1 unspecified atom stereocenters. The van der Waals surface area contributed by atoms with Crippen LogP contribution in [0.4, 0.5) is 5.69 Å². The zero-order valence-corrected chi connectivity index (χ0v) is 18.9. The summed E-state index contributed by atoms with van der Waals surface area (Å²) in [5, 5.41) is 0.502. The number of benzene rings is 3. The second-order valence-corrected chi connectivity index (χ2v) is 8.57. The van der Waals surface area contributed by atoms with E-state index in [0.29, 0.717) is 22.2 Å². The van der Waals surface area contributed by atoms with E-state index in [2.05, 4.69) is 0 Å². The van der Waals surface area contributed by atoms with Crippen molar-refractivity contribution >= 4 is 35.0 Å². The molecular formula is C26H21ClN2O5. The number of carbonyl (C=O) groups excluding carboxylic acids is 3. The molecule has 0 radical (unpaired) electrons. The summed E-state index contributed by atoms with van der Waals surface area (Å²) >= 11 is 5.96. The third-order valence-electron chi connectivity index (χ3n) is 5.89. The predicted molar refractivity (Wildman–Crippen MR) is 126 cm³/mol. The Balaban J connectivity index is 1.44. The van der Waals surface area contributed by atoms with Gasteiger partial charge in [-0.1, -0.05) is 48.0 Å². The maximum atomic E-state index is 13.4. The van der Waals surface area contributed by atoms with Gasteiger partial charge < -0.3 is 14.4 Å². The van der Waals surface area contributed by atoms with Crippen LogP contribution in [0.25, 0.3) is 0 Å². The minimum atomic E-state index is -0.912. The molecule has 3 aromatic rings. The summed E-state index contributed by atoms with van der Waals surface area (Å²) in [4.78, 5) is 42.3. The lowest BCUT2D eigenvalue weighted by atomic mass is 10.1. The number of imide groups is 1. The summed E-state index contributed by atoms with van der Waals surface area (Å²) in [5.41, 5.74) is 2.03. The topological polar surface area (TPSA) is 76.1 Å². The fourth-order valence-electron chi connectivity index (χ4n) is 4.20. The number of carbonyl (C=O) groups is 3. The summed E-state index contributed by atoms with van der Waals surface area (Å²) in [6.07, 6.45) is 0.0247. The van der Waals surface area contributed by atoms with Crippen LogP contribution in [0.3, 0.4) is 0 Å². The van der Waals surface area contributed by atoms with Crippen molar-refractivity contribution in [2.45, 2.75) is 25.4 Å². The molecule has 7 nitrogen and oxygen atoms in total. The molecule has 0 bridgehead atoms. The van der Waals surface area contributed by atoms with E-state index in [1.165, 1.54) is 4.90 Å². The molecule has 5 rings (SSSR count). The van der Waals surface area contributed by atoms with E-state index in [1.54, 1.807) is 36.4 Å². The number of fused-ring (bicyclic) bond motifs is 1. The van der Waals surface area contributed by atoms with Crippen LogP contribution < -0.4 is 14.4 Å². The fourth-order valence-corrected chi connectivity index (χ4v) is 4.33. The highest BCUT2D eigenvalue weighted by Crippen LogP contribution is 2.34. The molecule has 1 fully saturated rings. The minimum absolute atomic E-state index is 0.0907. The van der Waals surface area contributed by atoms with Crippen molar-refractivity contribution in [3.8, 4) is 11.5 Å². The molecular weight excluding hydrogens is 456 g/mol. The molecule has 1 atom stereocenters. The van der Waals surface area contributed by atoms with E-state index < -0.39 is 11.9 Å². The first-order valence-electron chi connectivity index (χ1n) is 10.8. The third kappa shape index (κ3) is 4.34. The van der Waals surface area contributed by atoms with Gasteiger partial charge in [-0.05, 0) is 47.5 Å². The average Bonchev–Trinajstić information content (AvgIpc) is 3.42. The number of hydrogen-bond acceptors (Lipinski definition) is 5. The molecule has 0 aliphatic carbocycles. The SMILES string of the molecule is O=C1CC(N(Cc2ccc3c(c2)OCO3)C(=O)Cc2ccccc2)C(=O)N1c1ccc(Cl)cc1. The summed E-state index contributed by atoms with van der Waals surface area (Å²) < 4.78 is 10.8. The van der Waals surface area contributed by atoms with Crippen LogP contribution in [0.5, 0.6) is 11.5 Å². The Hall–Kier alpha value is -3.84. The van der Waals surface area contributed by atoms with Crippen molar-refractivity contribution < 1.29 is 23.9 Å². The number of nitrogens with zero attached hydrogens (tertiary/aromatic N) is 2. The van der Waals surface area contributed by atoms with Crippen LogP contribution in [0.2, 0.25) is 5.02 Å². The molecule has 0 aromatic heterocycles. The standard InChI is InChI=1S/C26H21ClN2O5/c27-19-7-9-20(10-8-19)29-25(31)14-21(26(29)32)28(24(30)13-17-4-2-1-3-5-17)15-18-6-11-22-23(12-18)34-16-33-22/h1-12,21H,13-16H2. The number of halogens is 1. The fraction of sp³-hybridized carbons (Fsp3) is 0.192. The van der Waals surface area contributed by atoms with Gasteiger partial charge in [-0.3, -0.25) is 14.4 Å². The van der Waals surface area contributed by atoms with E-state index in [1.807, 2.05) is 36.4 Å². The van der Waals surface area contributed by atoms with Gasteiger partial charge in [-0.15, -0.1) is 0 Å². The van der Waals surface area contributed by atoms with Gasteiger partial charge in [-0.2, -0.15) is 0 Å². The van der Waals surface area contributed by atoms with Crippen molar-refractivity contribution in [3.05, 3.63) is 88.9 Å². The highest BCUT2D eigenvalue weighted by molar-refractivity contribution is 6.30. The Morgan fingerprint density at radius 2 is 1.68 bits per heavy atom. The first kappa shape index (κ1) is 22.0. The van der Waals surface area contributed by atoms with Crippen LogP contribution in [0.1, 0.15) is 17.5 Å². The summed E-state index contributed by atoms with van der Waals surface area (Å²) in [7, 11) is 0. The highest BCUT2D eigenvalue weighted by atomic mass is 35.5. The molecule has 1 saturated heterocycles. The van der Waals surface area contributed by atoms with Crippen molar-refractivity contribution in [1.29, 1.82) is 0 Å². The van der Waals surface area contributed by atoms with Crippen molar-refractivity contribution in [1.82, 2.24) is 4.90 Å². The summed E-state index contributed by atoms with van der Waals surface area (Å²) in [6, 6.07) is 20.3. The van der Waals surface area contributed by atoms with Crippen LogP contribution in [0.15, 0.2) is 72.8 Å². The van der Waals surface area contributed by atoms with Gasteiger partial charge in [0.15, 0.2) is 11.5 Å². The first-order valence-corrected chi connectivity index (χ1v) is 11.2. The average molecular weight is 477 g/mol. The molecule has 3 amide bonds. The van der Waals surface area contributed by atoms with Gasteiger partial charge in [0, 0.05) is 11.6 Å². The van der Waals surface area contributed by atoms with E-state index in [9.17, 15) is 14.4 Å². The monoisotopic (exact) mass is 476 g/mol. The lowest BCUT2D eigenvalue weighted by Gasteiger charge is -2.28. The molecule has 0 saturated carbocycles. The van der Waals surface area contributed by atoms with E-state index in [-0.39, 0.29) is 38.0 Å². The number of anilines is 1. The second kappa shape index (κ2) is 9.19. The molecule has 0 spiro atoms. The molecule has 2 heterocycles. The maximum Gasteiger partial charge on any atom is 0.257 e. The zero-order valence-electron chi connectivity index (χ0n) is 18.1. The van der Waals surface area contributed by atoms with Gasteiger partial charge in [0.05, 0.1) is 18.5 Å². The lowest BCUT2D eigenvalue weighted by molar-refractivity contribution is -0.138. The Morgan fingerprint density at radius 1 is 0.941 bits per heavy atom. The molecule has 3 aromatic carbocycles. The Morgan fingerprint density at radius 3 is 2.44 bits per heavy atom. The van der Waals surface area contributed by atoms with Gasteiger partial charge in [-0.25, -0.2) is 4.90 Å². The molecule has 34 heavy (non-hydrogen) atoms. The van der Waals surface area contributed by atoms with Crippen LogP contribution >= 0.6 is 11.6 Å². The van der Waals surface area contributed by atoms with Crippen molar-refractivity contribution in [3.63, 3.8) is 0 Å². The number of rotatable bonds is 6. The summed E-state index contributed by atoms with van der Waals surface area (Å²) in [6.45, 7) is 0.293. The predicted octanol–water partition coefficient (Wildman–Crippen LogP) is 3.97. The smallest absolute Gasteiger partial charge is 0.257 e. The molecule has 172 valence electrons. The zero-order chi connectivity index (χ0) is 23.7. The van der Waals surface area contributed by atoms with E-state index in [0.717, 1.165) is 16.0 Å². The van der Waals surface area contributed by atoms with Crippen molar-refractivity contribution in [2.24, 2.45) is 0 Å². The third-order valence-corrected chi connectivity index (χ3v) is 6.14. The van der Waals surface area contributed by atoms with Crippen LogP contribution in [-0.2, 0) is 27.3 Å². The molecule has 0 N–H and O–H groups in total. The number of amides is 3. The quantitative estimate of drug-likeness (QED) is 0.503. The van der Waals surface area contributed by atoms with Gasteiger partial charge in [0.25, 0.3) is 5.91 Å². The largest absolute Gasteiger partial charge is 0.454 e. The maximum absolute atomic E-state index is 13.4. The summed E-state index contributed by atoms with van der Waals surface area (Å²) in [5.74, 6) is 0.180. The number of ether oxygens (including phenoxy) is 2. The minimum Gasteiger partial charge on any atom is -0.454 e. The van der Waals surface area contributed by atoms with E-state index >= 15 is 0 Å². The normalized spacial score (nSPS) is 16.7. The Labute approximate surface area is 201 Å². The molecule has 2 aliphatic heterocycles. The Kier molecular flexibility index (Phi) is 5.94. The van der Waals surface area contributed by atoms with Crippen molar-refractivity contribution in [2.75, 3.05) is 11.7 Å². The van der Waals surface area contributed by atoms with Gasteiger partial charge >= 0.3 is 0 Å². The first-order chi connectivity index (χ1) is 16.5. The van der Waals surface area contributed by atoms with Crippen LogP contribution in [-0.4, -0.2) is 35.5 Å². The highest BCUT2D eigenvalue weighted by Gasteiger charge is 2.44. The van der Waals surface area contributed by atoms with Gasteiger partial charge in [0.2, 0.25) is 18.6 Å². The second-order valence-electron chi connectivity index (χ2n) is 8.14. The van der Waals surface area contributed by atoms with E-state index in [4.69, 9.17) is 21.1 Å². The van der Waals surface area contributed by atoms with Crippen LogP contribution in [0, 0.1) is 0 Å². The number of hydrogen-bond donors (Lipinski definition) is 0.